The van der Waals surface area contributed by atoms with Crippen LogP contribution in [0.4, 0.5) is 5.82 Å². The second-order valence-electron chi connectivity index (χ2n) is 4.22. The van der Waals surface area contributed by atoms with Crippen molar-refractivity contribution in [3.05, 3.63) is 23.9 Å². The predicted molar refractivity (Wildman–Crippen MR) is 65.3 cm³/mol. The van der Waals surface area contributed by atoms with Crippen molar-refractivity contribution in [1.82, 2.24) is 10.3 Å². The number of carbonyl (C=O) groups is 1. The Labute approximate surface area is 96.5 Å². The predicted octanol–water partition coefficient (Wildman–Crippen LogP) is 1.57. The lowest BCUT2D eigenvalue weighted by Crippen LogP contribution is -2.32. The fraction of sp³-hybridized carbons (Fsp3) is 0.500. The SMILES string of the molecule is Cc1cccc(NCC(=O)NCC(C)C)n1. The average molecular weight is 221 g/mol. The smallest absolute Gasteiger partial charge is 0.239 e. The lowest BCUT2D eigenvalue weighted by Gasteiger charge is -2.09. The van der Waals surface area contributed by atoms with Gasteiger partial charge in [0.15, 0.2) is 0 Å². The lowest BCUT2D eigenvalue weighted by atomic mass is 10.2. The van der Waals surface area contributed by atoms with Crippen molar-refractivity contribution in [3.8, 4) is 0 Å². The van der Waals surface area contributed by atoms with Crippen molar-refractivity contribution in [2.24, 2.45) is 5.92 Å². The number of aryl methyl sites for hydroxylation is 1. The number of hydrogen-bond acceptors (Lipinski definition) is 3. The van der Waals surface area contributed by atoms with Crippen LogP contribution in [0.3, 0.4) is 0 Å². The van der Waals surface area contributed by atoms with Crippen LogP contribution in [0.15, 0.2) is 18.2 Å². The minimum atomic E-state index is -0.00277. The third-order valence-electron chi connectivity index (χ3n) is 2.03. The summed E-state index contributed by atoms with van der Waals surface area (Å²) in [5.41, 5.74) is 0.938. The van der Waals surface area contributed by atoms with Gasteiger partial charge in [-0.2, -0.15) is 0 Å². The van der Waals surface area contributed by atoms with Gasteiger partial charge in [-0.1, -0.05) is 19.9 Å². The minimum absolute atomic E-state index is 0.00277. The summed E-state index contributed by atoms with van der Waals surface area (Å²) in [5, 5.41) is 5.82. The maximum Gasteiger partial charge on any atom is 0.239 e. The zero-order valence-electron chi connectivity index (χ0n) is 10.1. The number of aromatic nitrogens is 1. The van der Waals surface area contributed by atoms with Crippen LogP contribution in [0.1, 0.15) is 19.5 Å². The van der Waals surface area contributed by atoms with Gasteiger partial charge in [-0.15, -0.1) is 0 Å². The van der Waals surface area contributed by atoms with Crippen LogP contribution >= 0.6 is 0 Å². The first-order valence-electron chi connectivity index (χ1n) is 5.52. The van der Waals surface area contributed by atoms with Gasteiger partial charge in [0.05, 0.1) is 6.54 Å². The van der Waals surface area contributed by atoms with E-state index >= 15 is 0 Å². The first-order chi connectivity index (χ1) is 7.58. The third-order valence-corrected chi connectivity index (χ3v) is 2.03. The van der Waals surface area contributed by atoms with Gasteiger partial charge >= 0.3 is 0 Å². The minimum Gasteiger partial charge on any atom is -0.361 e. The molecule has 88 valence electrons. The molecule has 4 nitrogen and oxygen atoms in total. The van der Waals surface area contributed by atoms with E-state index in [9.17, 15) is 4.79 Å². The molecule has 0 aliphatic heterocycles. The highest BCUT2D eigenvalue weighted by Gasteiger charge is 2.02. The van der Waals surface area contributed by atoms with Gasteiger partial charge in [0, 0.05) is 12.2 Å². The van der Waals surface area contributed by atoms with E-state index in [1.807, 2.05) is 25.1 Å². The van der Waals surface area contributed by atoms with Crippen molar-refractivity contribution in [3.63, 3.8) is 0 Å². The lowest BCUT2D eigenvalue weighted by molar-refractivity contribution is -0.119. The van der Waals surface area contributed by atoms with Crippen LogP contribution in [0.2, 0.25) is 0 Å². The number of hydrogen-bond donors (Lipinski definition) is 2. The van der Waals surface area contributed by atoms with Gasteiger partial charge in [-0.3, -0.25) is 4.79 Å². The van der Waals surface area contributed by atoms with Gasteiger partial charge in [-0.05, 0) is 25.0 Å². The molecule has 0 unspecified atom stereocenters. The summed E-state index contributed by atoms with van der Waals surface area (Å²) >= 11 is 0. The molecule has 1 heterocycles. The van der Waals surface area contributed by atoms with Gasteiger partial charge in [0.2, 0.25) is 5.91 Å². The third kappa shape index (κ3) is 4.77. The van der Waals surface area contributed by atoms with E-state index in [0.717, 1.165) is 11.5 Å². The zero-order valence-corrected chi connectivity index (χ0v) is 10.1. The Hall–Kier alpha value is -1.58. The van der Waals surface area contributed by atoms with Gasteiger partial charge in [0.25, 0.3) is 0 Å². The molecule has 0 saturated heterocycles. The van der Waals surface area contributed by atoms with Crippen molar-refractivity contribution in [2.75, 3.05) is 18.4 Å². The van der Waals surface area contributed by atoms with Crippen molar-refractivity contribution in [1.29, 1.82) is 0 Å². The molecule has 1 rings (SSSR count). The maximum absolute atomic E-state index is 11.4. The number of nitrogens with one attached hydrogen (secondary N) is 2. The van der Waals surface area contributed by atoms with E-state index in [2.05, 4.69) is 29.5 Å². The van der Waals surface area contributed by atoms with E-state index in [0.29, 0.717) is 12.5 Å². The first-order valence-corrected chi connectivity index (χ1v) is 5.52. The molecular formula is C12H19N3O. The molecule has 0 aromatic carbocycles. The number of nitrogens with zero attached hydrogens (tertiary/aromatic N) is 1. The summed E-state index contributed by atoms with van der Waals surface area (Å²) in [6.07, 6.45) is 0. The highest BCUT2D eigenvalue weighted by atomic mass is 16.1. The number of anilines is 1. The van der Waals surface area contributed by atoms with E-state index in [4.69, 9.17) is 0 Å². The first kappa shape index (κ1) is 12.5. The van der Waals surface area contributed by atoms with Crippen LogP contribution in [0.25, 0.3) is 0 Å². The van der Waals surface area contributed by atoms with Crippen molar-refractivity contribution in [2.45, 2.75) is 20.8 Å². The van der Waals surface area contributed by atoms with Gasteiger partial charge in [0.1, 0.15) is 5.82 Å². The fourth-order valence-corrected chi connectivity index (χ4v) is 1.19. The molecule has 0 aliphatic carbocycles. The molecule has 16 heavy (non-hydrogen) atoms. The van der Waals surface area contributed by atoms with Crippen LogP contribution in [-0.2, 0) is 4.79 Å². The molecule has 0 aliphatic rings. The number of rotatable bonds is 5. The second kappa shape index (κ2) is 6.10. The highest BCUT2D eigenvalue weighted by Crippen LogP contribution is 2.02. The summed E-state index contributed by atoms with van der Waals surface area (Å²) in [5.74, 6) is 1.21. The Balaban J connectivity index is 2.31. The Bertz CT molecular complexity index is 350. The van der Waals surface area contributed by atoms with Crippen molar-refractivity contribution < 1.29 is 4.79 Å². The van der Waals surface area contributed by atoms with Gasteiger partial charge in [-0.25, -0.2) is 4.98 Å². The zero-order chi connectivity index (χ0) is 12.0. The standard InChI is InChI=1S/C12H19N3O/c1-9(2)7-14-12(16)8-13-11-6-4-5-10(3)15-11/h4-6,9H,7-8H2,1-3H3,(H,13,15)(H,14,16). The Morgan fingerprint density at radius 3 is 2.81 bits per heavy atom. The Morgan fingerprint density at radius 2 is 2.19 bits per heavy atom. The van der Waals surface area contributed by atoms with E-state index < -0.39 is 0 Å². The van der Waals surface area contributed by atoms with Crippen molar-refractivity contribution >= 4 is 11.7 Å². The molecule has 2 N–H and O–H groups in total. The molecule has 1 aromatic rings. The molecule has 1 aromatic heterocycles. The summed E-state index contributed by atoms with van der Waals surface area (Å²) in [6, 6.07) is 5.68. The fourth-order valence-electron chi connectivity index (χ4n) is 1.19. The monoisotopic (exact) mass is 221 g/mol. The molecule has 0 bridgehead atoms. The van der Waals surface area contributed by atoms with E-state index in [1.54, 1.807) is 0 Å². The number of carbonyl (C=O) groups excluding carboxylic acids is 1. The average Bonchev–Trinajstić information content (AvgIpc) is 2.23. The topological polar surface area (TPSA) is 54.0 Å². The molecule has 0 spiro atoms. The molecule has 0 radical (unpaired) electrons. The quantitative estimate of drug-likeness (QED) is 0.793. The van der Waals surface area contributed by atoms with E-state index in [-0.39, 0.29) is 12.5 Å². The number of pyridine rings is 1. The molecule has 0 atom stereocenters. The molecule has 1 amide bonds. The summed E-state index contributed by atoms with van der Waals surface area (Å²) < 4.78 is 0. The van der Waals surface area contributed by atoms with Crippen LogP contribution < -0.4 is 10.6 Å². The Morgan fingerprint density at radius 1 is 1.44 bits per heavy atom. The molecular weight excluding hydrogens is 202 g/mol. The van der Waals surface area contributed by atoms with E-state index in [1.165, 1.54) is 0 Å². The normalized spacial score (nSPS) is 10.2. The van der Waals surface area contributed by atoms with Gasteiger partial charge < -0.3 is 10.6 Å². The Kier molecular flexibility index (Phi) is 4.76. The molecule has 0 fully saturated rings. The van der Waals surface area contributed by atoms with Crippen LogP contribution in [-0.4, -0.2) is 24.0 Å². The van der Waals surface area contributed by atoms with Crippen LogP contribution in [0, 0.1) is 12.8 Å². The maximum atomic E-state index is 11.4. The number of amides is 1. The summed E-state index contributed by atoms with van der Waals surface area (Å²) in [7, 11) is 0. The largest absolute Gasteiger partial charge is 0.361 e. The summed E-state index contributed by atoms with van der Waals surface area (Å²) in [6.45, 7) is 7.03. The molecule has 4 heteroatoms. The van der Waals surface area contributed by atoms with Crippen LogP contribution in [0.5, 0.6) is 0 Å². The molecule has 0 saturated carbocycles. The highest BCUT2D eigenvalue weighted by molar-refractivity contribution is 5.80. The summed E-state index contributed by atoms with van der Waals surface area (Å²) in [4.78, 5) is 15.7. The second-order valence-corrected chi connectivity index (χ2v) is 4.22.